The predicted octanol–water partition coefficient (Wildman–Crippen LogP) is 2.33. The Labute approximate surface area is 203 Å². The van der Waals surface area contributed by atoms with Crippen LogP contribution in [0, 0.1) is 17.7 Å². The first-order valence-electron chi connectivity index (χ1n) is 11.9. The van der Waals surface area contributed by atoms with Crippen molar-refractivity contribution >= 4 is 17.6 Å². The molecule has 1 unspecified atom stereocenters. The number of anilines is 1. The molecule has 1 aromatic heterocycles. The number of hydrogen-bond acceptors (Lipinski definition) is 5. The van der Waals surface area contributed by atoms with Gasteiger partial charge in [-0.05, 0) is 67.1 Å². The smallest absolute Gasteiger partial charge is 0.259 e. The van der Waals surface area contributed by atoms with E-state index in [4.69, 9.17) is 11.5 Å². The van der Waals surface area contributed by atoms with E-state index in [1.54, 1.807) is 18.2 Å². The minimum Gasteiger partial charge on any atom is -0.383 e. The molecule has 0 radical (unpaired) electrons. The number of nitrogen functional groups attached to an aromatic ring is 1. The molecule has 3 heterocycles. The molecule has 4 N–H and O–H groups in total. The van der Waals surface area contributed by atoms with Crippen molar-refractivity contribution in [3.8, 4) is 5.69 Å². The number of amides is 2. The second kappa shape index (κ2) is 9.50. The predicted molar refractivity (Wildman–Crippen MR) is 131 cm³/mol. The minimum absolute atomic E-state index is 0.111. The van der Waals surface area contributed by atoms with E-state index in [9.17, 15) is 14.0 Å². The Kier molecular flexibility index (Phi) is 6.25. The van der Waals surface area contributed by atoms with Gasteiger partial charge in [-0.25, -0.2) is 9.07 Å². The Morgan fingerprint density at radius 1 is 0.971 bits per heavy atom. The van der Waals surface area contributed by atoms with E-state index in [-0.39, 0.29) is 23.4 Å². The summed E-state index contributed by atoms with van der Waals surface area (Å²) in [6.07, 6.45) is 3.25. The van der Waals surface area contributed by atoms with E-state index in [1.807, 2.05) is 23.1 Å². The molecular weight excluding hydrogens is 447 g/mol. The van der Waals surface area contributed by atoms with Crippen LogP contribution in [-0.4, -0.2) is 64.1 Å². The number of likely N-dealkylation sites (tertiary alicyclic amines) is 2. The molecule has 2 atom stereocenters. The molecule has 2 amide bonds. The standard InChI is InChI=1S/C26H29FN6O2/c27-20-7-9-21(10-8-20)33-24(28)23(12-30-33)26(35)32-15-18-13-31(14-19(18)16-32)11-3-5-17-4-1-2-6-22(17)25(29)34/h1-2,4,6-10,12,18-19H,3,5,11,13-16,28H2,(H2,29,34)/t18-,19?/m0/s1. The SMILES string of the molecule is NC(=O)c1ccccc1CCCN1CC2CN(C(=O)c3cnn(-c4ccc(F)cc4)c3N)C[C@@H]2C1. The summed E-state index contributed by atoms with van der Waals surface area (Å²) in [7, 11) is 0. The fourth-order valence-electron chi connectivity index (χ4n) is 5.39. The summed E-state index contributed by atoms with van der Waals surface area (Å²) < 4.78 is 14.7. The van der Waals surface area contributed by atoms with Crippen LogP contribution < -0.4 is 11.5 Å². The van der Waals surface area contributed by atoms with Gasteiger partial charge in [-0.2, -0.15) is 5.10 Å². The Balaban J connectivity index is 1.15. The van der Waals surface area contributed by atoms with Crippen LogP contribution in [0.1, 0.15) is 32.7 Å². The first kappa shape index (κ1) is 23.0. The third-order valence-electron chi connectivity index (χ3n) is 7.16. The van der Waals surface area contributed by atoms with Crippen LogP contribution in [0.2, 0.25) is 0 Å². The maximum absolute atomic E-state index is 13.2. The molecule has 5 rings (SSSR count). The Hall–Kier alpha value is -3.72. The minimum atomic E-state index is -0.384. The monoisotopic (exact) mass is 476 g/mol. The molecule has 0 bridgehead atoms. The topological polar surface area (TPSA) is 110 Å². The number of carbonyl (C=O) groups is 2. The summed E-state index contributed by atoms with van der Waals surface area (Å²) in [6.45, 7) is 4.26. The first-order chi connectivity index (χ1) is 16.9. The summed E-state index contributed by atoms with van der Waals surface area (Å²) in [5.41, 5.74) is 14.3. The average molecular weight is 477 g/mol. The van der Waals surface area contributed by atoms with Crippen molar-refractivity contribution < 1.29 is 14.0 Å². The molecule has 8 nitrogen and oxygen atoms in total. The number of primary amides is 1. The summed E-state index contributed by atoms with van der Waals surface area (Å²) in [5, 5.41) is 4.25. The van der Waals surface area contributed by atoms with E-state index in [0.29, 0.717) is 41.7 Å². The number of benzene rings is 2. The number of fused-ring (bicyclic) bond motifs is 1. The zero-order valence-corrected chi connectivity index (χ0v) is 19.4. The fraction of sp³-hybridized carbons (Fsp3) is 0.346. The van der Waals surface area contributed by atoms with Crippen molar-refractivity contribution in [3.63, 3.8) is 0 Å². The molecule has 35 heavy (non-hydrogen) atoms. The number of aryl methyl sites for hydroxylation is 1. The number of hydrogen-bond donors (Lipinski definition) is 2. The maximum atomic E-state index is 13.2. The molecule has 2 aromatic carbocycles. The van der Waals surface area contributed by atoms with Gasteiger partial charge in [-0.15, -0.1) is 0 Å². The lowest BCUT2D eigenvalue weighted by molar-refractivity contribution is 0.0774. The third-order valence-corrected chi connectivity index (χ3v) is 7.16. The van der Waals surface area contributed by atoms with Gasteiger partial charge in [0.2, 0.25) is 5.91 Å². The normalized spacial score (nSPS) is 19.7. The van der Waals surface area contributed by atoms with Gasteiger partial charge < -0.3 is 21.3 Å². The summed E-state index contributed by atoms with van der Waals surface area (Å²) in [5.74, 6) is 0.292. The van der Waals surface area contributed by atoms with E-state index < -0.39 is 0 Å². The van der Waals surface area contributed by atoms with Gasteiger partial charge >= 0.3 is 0 Å². The van der Waals surface area contributed by atoms with E-state index in [2.05, 4.69) is 10.00 Å². The van der Waals surface area contributed by atoms with Gasteiger partial charge in [-0.3, -0.25) is 9.59 Å². The van der Waals surface area contributed by atoms with Gasteiger partial charge in [0.25, 0.3) is 5.91 Å². The lowest BCUT2D eigenvalue weighted by Crippen LogP contribution is -2.34. The maximum Gasteiger partial charge on any atom is 0.259 e. The molecule has 2 fully saturated rings. The molecule has 3 aromatic rings. The van der Waals surface area contributed by atoms with Crippen LogP contribution in [0.15, 0.2) is 54.7 Å². The zero-order chi connectivity index (χ0) is 24.5. The van der Waals surface area contributed by atoms with Crippen LogP contribution >= 0.6 is 0 Å². The van der Waals surface area contributed by atoms with Crippen LogP contribution in [0.5, 0.6) is 0 Å². The molecule has 182 valence electrons. The molecule has 0 spiro atoms. The van der Waals surface area contributed by atoms with Gasteiger partial charge in [0, 0.05) is 31.7 Å². The highest BCUT2D eigenvalue weighted by Gasteiger charge is 2.42. The van der Waals surface area contributed by atoms with Gasteiger partial charge in [0.1, 0.15) is 17.2 Å². The van der Waals surface area contributed by atoms with Gasteiger partial charge in [0.05, 0.1) is 11.9 Å². The molecule has 2 saturated heterocycles. The van der Waals surface area contributed by atoms with Crippen LogP contribution in [0.4, 0.5) is 10.2 Å². The van der Waals surface area contributed by atoms with Crippen molar-refractivity contribution in [1.29, 1.82) is 0 Å². The lowest BCUT2D eigenvalue weighted by atomic mass is 10.0. The number of nitrogens with zero attached hydrogens (tertiary/aromatic N) is 4. The van der Waals surface area contributed by atoms with E-state index in [0.717, 1.165) is 38.0 Å². The van der Waals surface area contributed by atoms with E-state index >= 15 is 0 Å². The largest absolute Gasteiger partial charge is 0.383 e. The number of nitrogens with two attached hydrogens (primary N) is 2. The van der Waals surface area contributed by atoms with Crippen LogP contribution in [0.25, 0.3) is 5.69 Å². The highest BCUT2D eigenvalue weighted by molar-refractivity contribution is 5.98. The first-order valence-corrected chi connectivity index (χ1v) is 11.9. The number of carbonyl (C=O) groups excluding carboxylic acids is 2. The molecule has 2 aliphatic heterocycles. The Morgan fingerprint density at radius 3 is 2.34 bits per heavy atom. The lowest BCUT2D eigenvalue weighted by Gasteiger charge is -2.21. The van der Waals surface area contributed by atoms with Gasteiger partial charge in [0.15, 0.2) is 0 Å². The van der Waals surface area contributed by atoms with E-state index in [1.165, 1.54) is 23.0 Å². The second-order valence-corrected chi connectivity index (χ2v) is 9.45. The van der Waals surface area contributed by atoms with Crippen molar-refractivity contribution in [2.24, 2.45) is 17.6 Å². The molecule has 9 heteroatoms. The number of rotatable bonds is 7. The average Bonchev–Trinajstić information content (AvgIpc) is 3.53. The Bertz CT molecular complexity index is 1230. The third kappa shape index (κ3) is 4.64. The van der Waals surface area contributed by atoms with Crippen molar-refractivity contribution in [2.75, 3.05) is 38.5 Å². The zero-order valence-electron chi connectivity index (χ0n) is 19.4. The fourth-order valence-corrected chi connectivity index (χ4v) is 5.39. The molecular formula is C26H29FN6O2. The second-order valence-electron chi connectivity index (χ2n) is 9.45. The quantitative estimate of drug-likeness (QED) is 0.544. The van der Waals surface area contributed by atoms with Gasteiger partial charge in [-0.1, -0.05) is 18.2 Å². The molecule has 0 aliphatic carbocycles. The Morgan fingerprint density at radius 2 is 1.66 bits per heavy atom. The number of halogens is 1. The number of aromatic nitrogens is 2. The molecule has 2 aliphatic rings. The highest BCUT2D eigenvalue weighted by Crippen LogP contribution is 2.33. The highest BCUT2D eigenvalue weighted by atomic mass is 19.1. The summed E-state index contributed by atoms with van der Waals surface area (Å²) in [6, 6.07) is 13.3. The van der Waals surface area contributed by atoms with Crippen molar-refractivity contribution in [3.05, 3.63) is 77.2 Å². The van der Waals surface area contributed by atoms with Crippen molar-refractivity contribution in [1.82, 2.24) is 19.6 Å². The van der Waals surface area contributed by atoms with Crippen LogP contribution in [-0.2, 0) is 6.42 Å². The summed E-state index contributed by atoms with van der Waals surface area (Å²) in [4.78, 5) is 29.1. The van der Waals surface area contributed by atoms with Crippen LogP contribution in [0.3, 0.4) is 0 Å². The molecule has 0 saturated carbocycles. The summed E-state index contributed by atoms with van der Waals surface area (Å²) >= 11 is 0. The van der Waals surface area contributed by atoms with Crippen molar-refractivity contribution in [2.45, 2.75) is 12.8 Å².